The molecule has 0 amide bonds. The summed E-state index contributed by atoms with van der Waals surface area (Å²) in [6.07, 6.45) is 3.00. The van der Waals surface area contributed by atoms with Crippen LogP contribution >= 0.6 is 0 Å². The first-order valence-electron chi connectivity index (χ1n) is 5.65. The average molecular weight is 208 g/mol. The van der Waals surface area contributed by atoms with Gasteiger partial charge in [0.25, 0.3) is 0 Å². The van der Waals surface area contributed by atoms with E-state index < -0.39 is 6.10 Å². The van der Waals surface area contributed by atoms with Crippen molar-refractivity contribution in [1.29, 1.82) is 0 Å². The van der Waals surface area contributed by atoms with Crippen molar-refractivity contribution in [2.45, 2.75) is 39.2 Å². The molecular formula is C13H20O2. The van der Waals surface area contributed by atoms with Crippen LogP contribution in [0.3, 0.4) is 0 Å². The van der Waals surface area contributed by atoms with E-state index in [0.717, 1.165) is 24.3 Å². The first kappa shape index (κ1) is 12.1. The summed E-state index contributed by atoms with van der Waals surface area (Å²) in [5, 5.41) is 9.53. The van der Waals surface area contributed by atoms with Crippen LogP contribution in [-0.2, 0) is 0 Å². The maximum atomic E-state index is 9.53. The smallest absolute Gasteiger partial charge is 0.125 e. The van der Waals surface area contributed by atoms with Crippen LogP contribution in [0.15, 0.2) is 24.3 Å². The van der Waals surface area contributed by atoms with E-state index in [1.54, 1.807) is 6.92 Å². The zero-order chi connectivity index (χ0) is 11.1. The maximum Gasteiger partial charge on any atom is 0.125 e. The Labute approximate surface area is 91.9 Å². The summed E-state index contributed by atoms with van der Waals surface area (Å²) in [6, 6.07) is 7.66. The van der Waals surface area contributed by atoms with Crippen molar-refractivity contribution in [3.63, 3.8) is 0 Å². The molecule has 0 radical (unpaired) electrons. The van der Waals surface area contributed by atoms with Gasteiger partial charge in [-0.15, -0.1) is 0 Å². The van der Waals surface area contributed by atoms with Gasteiger partial charge < -0.3 is 9.84 Å². The Hall–Kier alpha value is -1.02. The minimum Gasteiger partial charge on any atom is -0.493 e. The molecule has 2 heteroatoms. The van der Waals surface area contributed by atoms with E-state index in [4.69, 9.17) is 4.74 Å². The van der Waals surface area contributed by atoms with Gasteiger partial charge in [-0.3, -0.25) is 0 Å². The van der Waals surface area contributed by atoms with Gasteiger partial charge in [0.15, 0.2) is 0 Å². The van der Waals surface area contributed by atoms with Gasteiger partial charge in [0.2, 0.25) is 0 Å². The number of rotatable bonds is 6. The summed E-state index contributed by atoms with van der Waals surface area (Å²) in [5.41, 5.74) is 0.869. The molecule has 84 valence electrons. The van der Waals surface area contributed by atoms with Crippen molar-refractivity contribution in [3.8, 4) is 5.75 Å². The van der Waals surface area contributed by atoms with Gasteiger partial charge in [-0.1, -0.05) is 38.0 Å². The lowest BCUT2D eigenvalue weighted by Gasteiger charge is -2.12. The van der Waals surface area contributed by atoms with Crippen LogP contribution in [0.25, 0.3) is 0 Å². The normalized spacial score (nSPS) is 12.5. The number of aliphatic hydroxyl groups is 1. The van der Waals surface area contributed by atoms with Gasteiger partial charge in [0.05, 0.1) is 12.7 Å². The highest BCUT2D eigenvalue weighted by molar-refractivity contribution is 5.34. The number of benzene rings is 1. The van der Waals surface area contributed by atoms with Crippen LogP contribution in [0.1, 0.15) is 44.8 Å². The second kappa shape index (κ2) is 6.46. The van der Waals surface area contributed by atoms with Crippen molar-refractivity contribution in [2.75, 3.05) is 6.61 Å². The number of aliphatic hydroxyl groups excluding tert-OH is 1. The predicted molar refractivity (Wildman–Crippen MR) is 62.1 cm³/mol. The highest BCUT2D eigenvalue weighted by Gasteiger charge is 2.07. The highest BCUT2D eigenvalue weighted by Crippen LogP contribution is 2.24. The minimum atomic E-state index is -0.465. The van der Waals surface area contributed by atoms with Gasteiger partial charge >= 0.3 is 0 Å². The van der Waals surface area contributed by atoms with Crippen LogP contribution in [0.4, 0.5) is 0 Å². The molecule has 1 atom stereocenters. The third-order valence-corrected chi connectivity index (χ3v) is 2.37. The second-order valence-electron chi connectivity index (χ2n) is 3.77. The zero-order valence-electron chi connectivity index (χ0n) is 9.57. The van der Waals surface area contributed by atoms with Crippen molar-refractivity contribution >= 4 is 0 Å². The van der Waals surface area contributed by atoms with Gasteiger partial charge in [-0.05, 0) is 19.4 Å². The summed E-state index contributed by atoms with van der Waals surface area (Å²) >= 11 is 0. The number of unbranched alkanes of at least 4 members (excludes halogenated alkanes) is 2. The van der Waals surface area contributed by atoms with E-state index in [9.17, 15) is 5.11 Å². The monoisotopic (exact) mass is 208 g/mol. The molecule has 0 aliphatic rings. The third kappa shape index (κ3) is 3.92. The van der Waals surface area contributed by atoms with Crippen LogP contribution in [0, 0.1) is 0 Å². The second-order valence-corrected chi connectivity index (χ2v) is 3.77. The summed E-state index contributed by atoms with van der Waals surface area (Å²) in [4.78, 5) is 0. The predicted octanol–water partition coefficient (Wildman–Crippen LogP) is 3.31. The van der Waals surface area contributed by atoms with E-state index in [1.807, 2.05) is 24.3 Å². The summed E-state index contributed by atoms with van der Waals surface area (Å²) in [6.45, 7) is 4.66. The Kier molecular flexibility index (Phi) is 5.19. The standard InChI is InChI=1S/C13H20O2/c1-3-4-7-10-15-13-9-6-5-8-12(13)11(2)14/h5-6,8-9,11,14H,3-4,7,10H2,1-2H3/t11-/m0/s1. The first-order valence-corrected chi connectivity index (χ1v) is 5.65. The number of hydrogen-bond acceptors (Lipinski definition) is 2. The van der Waals surface area contributed by atoms with Gasteiger partial charge in [-0.25, -0.2) is 0 Å². The van der Waals surface area contributed by atoms with Crippen molar-refractivity contribution < 1.29 is 9.84 Å². The van der Waals surface area contributed by atoms with E-state index in [2.05, 4.69) is 6.92 Å². The Balaban J connectivity index is 2.52. The largest absolute Gasteiger partial charge is 0.493 e. The molecule has 0 unspecified atom stereocenters. The summed E-state index contributed by atoms with van der Waals surface area (Å²) in [7, 11) is 0. The number of para-hydroxylation sites is 1. The molecule has 0 aromatic heterocycles. The average Bonchev–Trinajstić information content (AvgIpc) is 2.25. The zero-order valence-corrected chi connectivity index (χ0v) is 9.57. The van der Waals surface area contributed by atoms with Gasteiger partial charge in [0, 0.05) is 5.56 Å². The van der Waals surface area contributed by atoms with Crippen LogP contribution < -0.4 is 4.74 Å². The van der Waals surface area contributed by atoms with E-state index >= 15 is 0 Å². The van der Waals surface area contributed by atoms with Crippen LogP contribution in [-0.4, -0.2) is 11.7 Å². The molecule has 0 bridgehead atoms. The fraction of sp³-hybridized carbons (Fsp3) is 0.538. The molecule has 1 aromatic carbocycles. The number of hydrogen-bond donors (Lipinski definition) is 1. The SMILES string of the molecule is CCCCCOc1ccccc1[C@H](C)O. The molecule has 0 saturated carbocycles. The van der Waals surface area contributed by atoms with Crippen LogP contribution in [0.5, 0.6) is 5.75 Å². The van der Waals surface area contributed by atoms with Crippen LogP contribution in [0.2, 0.25) is 0 Å². The maximum absolute atomic E-state index is 9.53. The molecule has 0 aliphatic heterocycles. The Morgan fingerprint density at radius 2 is 2.00 bits per heavy atom. The number of ether oxygens (including phenoxy) is 1. The fourth-order valence-corrected chi connectivity index (χ4v) is 1.49. The topological polar surface area (TPSA) is 29.5 Å². The lowest BCUT2D eigenvalue weighted by atomic mass is 10.1. The lowest BCUT2D eigenvalue weighted by Crippen LogP contribution is -2.01. The third-order valence-electron chi connectivity index (χ3n) is 2.37. The molecule has 0 fully saturated rings. The minimum absolute atomic E-state index is 0.465. The molecule has 1 rings (SSSR count). The van der Waals surface area contributed by atoms with Crippen molar-refractivity contribution in [1.82, 2.24) is 0 Å². The Morgan fingerprint density at radius 3 is 2.67 bits per heavy atom. The summed E-state index contributed by atoms with van der Waals surface area (Å²) < 4.78 is 5.64. The van der Waals surface area contributed by atoms with Gasteiger partial charge in [-0.2, -0.15) is 0 Å². The van der Waals surface area contributed by atoms with E-state index in [0.29, 0.717) is 0 Å². The highest BCUT2D eigenvalue weighted by atomic mass is 16.5. The molecular weight excluding hydrogens is 188 g/mol. The molecule has 0 aliphatic carbocycles. The van der Waals surface area contributed by atoms with Crippen molar-refractivity contribution in [2.24, 2.45) is 0 Å². The molecule has 1 N–H and O–H groups in total. The molecule has 0 saturated heterocycles. The van der Waals surface area contributed by atoms with E-state index in [-0.39, 0.29) is 0 Å². The Morgan fingerprint density at radius 1 is 1.27 bits per heavy atom. The molecule has 0 heterocycles. The van der Waals surface area contributed by atoms with E-state index in [1.165, 1.54) is 12.8 Å². The molecule has 0 spiro atoms. The molecule has 15 heavy (non-hydrogen) atoms. The quantitative estimate of drug-likeness (QED) is 0.727. The molecule has 2 nitrogen and oxygen atoms in total. The van der Waals surface area contributed by atoms with Gasteiger partial charge in [0.1, 0.15) is 5.75 Å². The first-order chi connectivity index (χ1) is 7.25. The van der Waals surface area contributed by atoms with Crippen molar-refractivity contribution in [3.05, 3.63) is 29.8 Å². The lowest BCUT2D eigenvalue weighted by molar-refractivity contribution is 0.190. The summed E-state index contributed by atoms with van der Waals surface area (Å²) in [5.74, 6) is 0.809. The Bertz CT molecular complexity index is 282. The molecule has 1 aromatic rings. The fourth-order valence-electron chi connectivity index (χ4n) is 1.49.